The van der Waals surface area contributed by atoms with Crippen LogP contribution in [0.2, 0.25) is 5.02 Å². The Hall–Kier alpha value is -2.73. The van der Waals surface area contributed by atoms with Crippen LogP contribution in [0, 0.1) is 11.6 Å². The van der Waals surface area contributed by atoms with E-state index in [0.29, 0.717) is 11.6 Å². The fourth-order valence-corrected chi connectivity index (χ4v) is 2.86. The van der Waals surface area contributed by atoms with E-state index in [-0.39, 0.29) is 30.8 Å². The van der Waals surface area contributed by atoms with Crippen molar-refractivity contribution in [2.45, 2.75) is 12.8 Å². The minimum atomic E-state index is -1.12. The molecule has 7 heteroatoms. The van der Waals surface area contributed by atoms with Crippen molar-refractivity contribution in [3.63, 3.8) is 0 Å². The van der Waals surface area contributed by atoms with Gasteiger partial charge in [-0.2, -0.15) is 4.39 Å². The highest BCUT2D eigenvalue weighted by Gasteiger charge is 2.18. The number of aliphatic imine (C=N–C) groups is 1. The molecule has 140 valence electrons. The zero-order valence-corrected chi connectivity index (χ0v) is 15.0. The number of carbonyl (C=O) groups is 1. The number of hydrogen-bond acceptors (Lipinski definition) is 3. The monoisotopic (exact) mass is 391 g/mol. The van der Waals surface area contributed by atoms with Crippen LogP contribution in [0.3, 0.4) is 0 Å². The largest absolute Gasteiger partial charge is 0.486 e. The second kappa shape index (κ2) is 8.31. The van der Waals surface area contributed by atoms with E-state index in [1.54, 1.807) is 12.1 Å². The van der Waals surface area contributed by atoms with Crippen molar-refractivity contribution in [2.24, 2.45) is 4.99 Å². The Kier molecular flexibility index (Phi) is 5.86. The molecule has 1 aliphatic heterocycles. The van der Waals surface area contributed by atoms with Gasteiger partial charge in [0.2, 0.25) is 5.82 Å². The van der Waals surface area contributed by atoms with Gasteiger partial charge in [-0.25, -0.2) is 4.39 Å². The van der Waals surface area contributed by atoms with Gasteiger partial charge in [0.05, 0.1) is 12.3 Å². The Labute approximate surface area is 159 Å². The molecule has 0 aliphatic carbocycles. The number of hydrogen-bond donors (Lipinski definition) is 1. The minimum absolute atomic E-state index is 0.00532. The number of halogens is 3. The van der Waals surface area contributed by atoms with Crippen LogP contribution in [0.25, 0.3) is 0 Å². The van der Waals surface area contributed by atoms with Crippen LogP contribution in [0.5, 0.6) is 5.75 Å². The van der Waals surface area contributed by atoms with Crippen molar-refractivity contribution in [1.82, 2.24) is 0 Å². The molecule has 0 saturated heterocycles. The Morgan fingerprint density at radius 2 is 1.89 bits per heavy atom. The molecule has 0 bridgehead atoms. The topological polar surface area (TPSA) is 58.9 Å². The van der Waals surface area contributed by atoms with E-state index in [2.05, 4.69) is 4.99 Å². The smallest absolute Gasteiger partial charge is 0.303 e. The van der Waals surface area contributed by atoms with Gasteiger partial charge in [0.15, 0.2) is 11.6 Å². The SMILES string of the molecule is O=C(O)CCc1ccc(OCC2=CCN=C2c2ccc(Cl)cc2)c(F)c1F. The fourth-order valence-electron chi connectivity index (χ4n) is 2.73. The molecule has 1 aliphatic rings. The van der Waals surface area contributed by atoms with Gasteiger partial charge in [-0.1, -0.05) is 35.9 Å². The molecule has 1 heterocycles. The van der Waals surface area contributed by atoms with Gasteiger partial charge in [-0.3, -0.25) is 9.79 Å². The van der Waals surface area contributed by atoms with Gasteiger partial charge in [-0.15, -0.1) is 0 Å². The van der Waals surface area contributed by atoms with E-state index in [0.717, 1.165) is 16.8 Å². The van der Waals surface area contributed by atoms with Crippen molar-refractivity contribution in [3.05, 3.63) is 75.8 Å². The number of carboxylic acids is 1. The van der Waals surface area contributed by atoms with Crippen molar-refractivity contribution in [2.75, 3.05) is 13.2 Å². The molecule has 4 nitrogen and oxygen atoms in total. The Bertz CT molecular complexity index is 924. The fraction of sp³-hybridized carbons (Fsp3) is 0.200. The molecule has 0 spiro atoms. The summed E-state index contributed by atoms with van der Waals surface area (Å²) in [6.07, 6.45) is 1.50. The third-order valence-corrected chi connectivity index (χ3v) is 4.38. The van der Waals surface area contributed by atoms with Crippen LogP contribution in [-0.2, 0) is 11.2 Å². The zero-order chi connectivity index (χ0) is 19.4. The highest BCUT2D eigenvalue weighted by molar-refractivity contribution is 6.30. The average Bonchev–Trinajstić information content (AvgIpc) is 3.11. The van der Waals surface area contributed by atoms with E-state index in [1.165, 1.54) is 12.1 Å². The molecule has 2 aromatic rings. The normalized spacial score (nSPS) is 13.3. The summed E-state index contributed by atoms with van der Waals surface area (Å²) >= 11 is 5.89. The van der Waals surface area contributed by atoms with Gasteiger partial charge in [0, 0.05) is 22.6 Å². The highest BCUT2D eigenvalue weighted by atomic mass is 35.5. The van der Waals surface area contributed by atoms with Crippen LogP contribution in [0.1, 0.15) is 17.5 Å². The van der Waals surface area contributed by atoms with Crippen LogP contribution in [-0.4, -0.2) is 29.9 Å². The molecular formula is C20H16ClF2NO3. The molecule has 0 fully saturated rings. The standard InChI is InChI=1S/C20H16ClF2NO3/c21-15-5-1-13(2-6-15)20-14(9-10-24-20)11-27-16-7-3-12(4-8-17(25)26)18(22)19(16)23/h1-3,5-7,9H,4,8,10-11H2,(H,25,26). The van der Waals surface area contributed by atoms with Crippen LogP contribution < -0.4 is 4.74 Å². The number of aryl methyl sites for hydroxylation is 1. The first kappa shape index (κ1) is 19.0. The minimum Gasteiger partial charge on any atom is -0.486 e. The summed E-state index contributed by atoms with van der Waals surface area (Å²) in [7, 11) is 0. The molecule has 1 N–H and O–H groups in total. The lowest BCUT2D eigenvalue weighted by molar-refractivity contribution is -0.136. The molecule has 27 heavy (non-hydrogen) atoms. The number of benzene rings is 2. The molecule has 0 atom stereocenters. The molecule has 0 amide bonds. The molecule has 0 aromatic heterocycles. The second-order valence-electron chi connectivity index (χ2n) is 5.96. The second-order valence-corrected chi connectivity index (χ2v) is 6.40. The summed E-state index contributed by atoms with van der Waals surface area (Å²) in [5, 5.41) is 9.27. The van der Waals surface area contributed by atoms with Gasteiger partial charge in [-0.05, 0) is 30.2 Å². The third-order valence-electron chi connectivity index (χ3n) is 4.13. The zero-order valence-electron chi connectivity index (χ0n) is 14.2. The number of ether oxygens (including phenoxy) is 1. The summed E-state index contributed by atoms with van der Waals surface area (Å²) in [5.74, 6) is -3.51. The summed E-state index contributed by atoms with van der Waals surface area (Å²) in [6, 6.07) is 9.82. The molecule has 2 aromatic carbocycles. The summed E-state index contributed by atoms with van der Waals surface area (Å²) in [5.41, 5.74) is 2.37. The van der Waals surface area contributed by atoms with Gasteiger partial charge in [0.25, 0.3) is 0 Å². The van der Waals surface area contributed by atoms with Crippen molar-refractivity contribution in [3.8, 4) is 5.75 Å². The Morgan fingerprint density at radius 3 is 2.59 bits per heavy atom. The van der Waals surface area contributed by atoms with Crippen molar-refractivity contribution in [1.29, 1.82) is 0 Å². The van der Waals surface area contributed by atoms with Gasteiger partial charge >= 0.3 is 5.97 Å². The molecule has 0 radical (unpaired) electrons. The highest BCUT2D eigenvalue weighted by Crippen LogP contribution is 2.25. The predicted octanol–water partition coefficient (Wildman–Crippen LogP) is 4.44. The van der Waals surface area contributed by atoms with Crippen molar-refractivity contribution >= 4 is 23.3 Å². The molecule has 3 rings (SSSR count). The Balaban J connectivity index is 1.69. The number of carboxylic acid groups (broad SMARTS) is 1. The van der Waals surface area contributed by atoms with E-state index in [4.69, 9.17) is 21.4 Å². The predicted molar refractivity (Wildman–Crippen MR) is 98.7 cm³/mol. The van der Waals surface area contributed by atoms with Crippen LogP contribution >= 0.6 is 11.6 Å². The lowest BCUT2D eigenvalue weighted by atomic mass is 10.0. The van der Waals surface area contributed by atoms with Crippen LogP contribution in [0.15, 0.2) is 53.0 Å². The molecule has 0 saturated carbocycles. The number of nitrogens with zero attached hydrogens (tertiary/aromatic N) is 1. The maximum Gasteiger partial charge on any atom is 0.303 e. The first-order chi connectivity index (χ1) is 13.0. The average molecular weight is 392 g/mol. The van der Waals surface area contributed by atoms with Gasteiger partial charge in [0.1, 0.15) is 6.61 Å². The summed E-state index contributed by atoms with van der Waals surface area (Å²) in [4.78, 5) is 15.0. The van der Waals surface area contributed by atoms with Crippen molar-refractivity contribution < 1.29 is 23.4 Å². The van der Waals surface area contributed by atoms with E-state index in [9.17, 15) is 13.6 Å². The number of aliphatic carboxylic acids is 1. The lowest BCUT2D eigenvalue weighted by Gasteiger charge is -2.12. The van der Waals surface area contributed by atoms with Crippen LogP contribution in [0.4, 0.5) is 8.78 Å². The first-order valence-electron chi connectivity index (χ1n) is 8.27. The Morgan fingerprint density at radius 1 is 1.15 bits per heavy atom. The molecule has 0 unspecified atom stereocenters. The van der Waals surface area contributed by atoms with E-state index in [1.807, 2.05) is 18.2 Å². The first-order valence-corrected chi connectivity index (χ1v) is 8.64. The maximum atomic E-state index is 14.2. The maximum absolute atomic E-state index is 14.2. The van der Waals surface area contributed by atoms with E-state index >= 15 is 0 Å². The lowest BCUT2D eigenvalue weighted by Crippen LogP contribution is -2.11. The number of rotatable bonds is 7. The van der Waals surface area contributed by atoms with E-state index < -0.39 is 17.6 Å². The quantitative estimate of drug-likeness (QED) is 0.758. The summed E-state index contributed by atoms with van der Waals surface area (Å²) < 4.78 is 33.8. The third kappa shape index (κ3) is 4.52. The summed E-state index contributed by atoms with van der Waals surface area (Å²) in [6.45, 7) is 0.522. The molecular weight excluding hydrogens is 376 g/mol. The van der Waals surface area contributed by atoms with Gasteiger partial charge < -0.3 is 9.84 Å².